The van der Waals surface area contributed by atoms with E-state index >= 15 is 0 Å². The number of aromatic nitrogens is 1. The highest BCUT2D eigenvalue weighted by Crippen LogP contribution is 2.39. The lowest BCUT2D eigenvalue weighted by Crippen LogP contribution is -2.18. The van der Waals surface area contributed by atoms with Gasteiger partial charge in [0.25, 0.3) is 5.91 Å². The zero-order chi connectivity index (χ0) is 15.4. The Kier molecular flexibility index (Phi) is 4.54. The normalized spacial score (nSPS) is 10.2. The van der Waals surface area contributed by atoms with Gasteiger partial charge in [0.05, 0.1) is 12.2 Å². The van der Waals surface area contributed by atoms with Crippen LogP contribution < -0.4 is 11.1 Å². The van der Waals surface area contributed by atoms with E-state index in [1.165, 1.54) is 11.3 Å². The summed E-state index contributed by atoms with van der Waals surface area (Å²) in [5.41, 5.74) is 7.36. The third kappa shape index (κ3) is 3.19. The molecule has 0 bridgehead atoms. The largest absolute Gasteiger partial charge is 0.450 e. The van der Waals surface area contributed by atoms with Crippen molar-refractivity contribution in [3.05, 3.63) is 35.7 Å². The molecule has 2 rings (SSSR count). The number of anilines is 1. The van der Waals surface area contributed by atoms with Crippen molar-refractivity contribution in [1.29, 1.82) is 0 Å². The first-order valence-electron chi connectivity index (χ1n) is 6.32. The molecular weight excluding hydrogens is 290 g/mol. The number of carbonyl (C=O) groups excluding carboxylic acids is 2. The van der Waals surface area contributed by atoms with Crippen LogP contribution in [0.1, 0.15) is 22.8 Å². The molecule has 0 aromatic carbocycles. The predicted molar refractivity (Wildman–Crippen MR) is 81.4 cm³/mol. The van der Waals surface area contributed by atoms with E-state index in [1.807, 2.05) is 12.1 Å². The predicted octanol–water partition coefficient (Wildman–Crippen LogP) is 2.79. The van der Waals surface area contributed by atoms with Crippen molar-refractivity contribution in [2.24, 2.45) is 5.73 Å². The van der Waals surface area contributed by atoms with Gasteiger partial charge in [0.2, 0.25) is 0 Å². The molecule has 0 unspecified atom stereocenters. The van der Waals surface area contributed by atoms with Gasteiger partial charge in [-0.05, 0) is 37.1 Å². The molecule has 2 heterocycles. The summed E-state index contributed by atoms with van der Waals surface area (Å²) in [6.07, 6.45) is 2.72. The zero-order valence-electron chi connectivity index (χ0n) is 11.7. The van der Waals surface area contributed by atoms with Gasteiger partial charge in [0.15, 0.2) is 0 Å². The molecular formula is C14H15N3O3S. The number of primary amides is 1. The van der Waals surface area contributed by atoms with Gasteiger partial charge in [-0.15, -0.1) is 11.3 Å². The minimum absolute atomic E-state index is 0.249. The van der Waals surface area contributed by atoms with Crippen molar-refractivity contribution in [3.8, 4) is 10.4 Å². The third-order valence-electron chi connectivity index (χ3n) is 2.83. The number of ether oxygens (including phenoxy) is 1. The number of rotatable bonds is 4. The van der Waals surface area contributed by atoms with Crippen LogP contribution in [-0.2, 0) is 4.74 Å². The summed E-state index contributed by atoms with van der Waals surface area (Å²) in [7, 11) is 0. The van der Waals surface area contributed by atoms with E-state index in [2.05, 4.69) is 10.3 Å². The number of nitrogens with two attached hydrogens (primary N) is 1. The van der Waals surface area contributed by atoms with Crippen LogP contribution in [0, 0.1) is 6.92 Å². The molecule has 2 amide bonds. The summed E-state index contributed by atoms with van der Waals surface area (Å²) in [6, 6.07) is 3.66. The van der Waals surface area contributed by atoms with E-state index < -0.39 is 12.0 Å². The molecule has 3 N–H and O–H groups in total. The lowest BCUT2D eigenvalue weighted by atomic mass is 10.1. The highest BCUT2D eigenvalue weighted by atomic mass is 32.1. The van der Waals surface area contributed by atoms with Gasteiger partial charge < -0.3 is 10.5 Å². The van der Waals surface area contributed by atoms with E-state index in [0.717, 1.165) is 16.0 Å². The first-order chi connectivity index (χ1) is 10.0. The average Bonchev–Trinajstić information content (AvgIpc) is 2.76. The Labute approximate surface area is 125 Å². The van der Waals surface area contributed by atoms with Gasteiger partial charge in [-0.2, -0.15) is 0 Å². The molecule has 0 aliphatic heterocycles. The van der Waals surface area contributed by atoms with E-state index in [1.54, 1.807) is 26.2 Å². The van der Waals surface area contributed by atoms with Gasteiger partial charge in [0.1, 0.15) is 5.00 Å². The molecule has 0 saturated carbocycles. The van der Waals surface area contributed by atoms with Gasteiger partial charge in [-0.1, -0.05) is 0 Å². The van der Waals surface area contributed by atoms with Crippen LogP contribution in [0.25, 0.3) is 10.4 Å². The maximum absolute atomic E-state index is 11.7. The Hall–Kier alpha value is -2.41. The molecule has 0 saturated heterocycles. The van der Waals surface area contributed by atoms with Crippen LogP contribution in [0.4, 0.5) is 9.80 Å². The summed E-state index contributed by atoms with van der Waals surface area (Å²) in [6.45, 7) is 3.75. The van der Waals surface area contributed by atoms with Gasteiger partial charge in [-0.25, -0.2) is 4.79 Å². The van der Waals surface area contributed by atoms with Crippen LogP contribution in [0.15, 0.2) is 24.5 Å². The SMILES string of the molecule is CCOC(=O)Nc1sc(-c2ccncc2)c(C)c1C(N)=O. The number of pyridine rings is 1. The Morgan fingerprint density at radius 3 is 2.62 bits per heavy atom. The average molecular weight is 305 g/mol. The quantitative estimate of drug-likeness (QED) is 0.908. The molecule has 0 aliphatic carbocycles. The second kappa shape index (κ2) is 6.36. The van der Waals surface area contributed by atoms with E-state index in [-0.39, 0.29) is 6.61 Å². The fraction of sp³-hybridized carbons (Fsp3) is 0.214. The second-order valence-electron chi connectivity index (χ2n) is 4.21. The van der Waals surface area contributed by atoms with Crippen molar-refractivity contribution in [1.82, 2.24) is 4.98 Å². The molecule has 0 radical (unpaired) electrons. The number of carbonyl (C=O) groups is 2. The molecule has 21 heavy (non-hydrogen) atoms. The fourth-order valence-corrected chi connectivity index (χ4v) is 3.14. The molecule has 0 fully saturated rings. The summed E-state index contributed by atoms with van der Waals surface area (Å²) < 4.78 is 4.83. The fourth-order valence-electron chi connectivity index (χ4n) is 1.94. The number of hydrogen-bond acceptors (Lipinski definition) is 5. The van der Waals surface area contributed by atoms with Crippen LogP contribution in [0.2, 0.25) is 0 Å². The van der Waals surface area contributed by atoms with Crippen molar-refractivity contribution < 1.29 is 14.3 Å². The molecule has 0 aliphatic rings. The molecule has 6 nitrogen and oxygen atoms in total. The minimum Gasteiger partial charge on any atom is -0.450 e. The molecule has 110 valence electrons. The topological polar surface area (TPSA) is 94.3 Å². The molecule has 2 aromatic rings. The number of hydrogen-bond donors (Lipinski definition) is 2. The number of nitrogens with one attached hydrogen (secondary N) is 1. The van der Waals surface area contributed by atoms with Crippen LogP contribution in [0.3, 0.4) is 0 Å². The van der Waals surface area contributed by atoms with Crippen LogP contribution in [0.5, 0.6) is 0 Å². The van der Waals surface area contributed by atoms with E-state index in [9.17, 15) is 9.59 Å². The van der Waals surface area contributed by atoms with Crippen molar-refractivity contribution in [2.75, 3.05) is 11.9 Å². The number of thiophene rings is 1. The summed E-state index contributed by atoms with van der Waals surface area (Å²) in [5, 5.41) is 2.96. The van der Waals surface area contributed by atoms with Crippen LogP contribution in [-0.4, -0.2) is 23.6 Å². The maximum Gasteiger partial charge on any atom is 0.412 e. The lowest BCUT2D eigenvalue weighted by Gasteiger charge is -2.04. The lowest BCUT2D eigenvalue weighted by molar-refractivity contribution is 0.100. The Balaban J connectivity index is 2.46. The van der Waals surface area contributed by atoms with Gasteiger partial charge in [0, 0.05) is 17.3 Å². The van der Waals surface area contributed by atoms with Crippen molar-refractivity contribution in [3.63, 3.8) is 0 Å². The first kappa shape index (κ1) is 15.0. The highest BCUT2D eigenvalue weighted by Gasteiger charge is 2.21. The number of amides is 2. The second-order valence-corrected chi connectivity index (χ2v) is 5.23. The zero-order valence-corrected chi connectivity index (χ0v) is 12.5. The van der Waals surface area contributed by atoms with Gasteiger partial charge in [-0.3, -0.25) is 15.1 Å². The molecule has 7 heteroatoms. The maximum atomic E-state index is 11.7. The molecule has 2 aromatic heterocycles. The molecule has 0 atom stereocenters. The van der Waals surface area contributed by atoms with Crippen molar-refractivity contribution >= 4 is 28.3 Å². The Bertz CT molecular complexity index is 668. The summed E-state index contributed by atoms with van der Waals surface area (Å²) >= 11 is 1.28. The van der Waals surface area contributed by atoms with Gasteiger partial charge >= 0.3 is 6.09 Å². The number of nitrogens with zero attached hydrogens (tertiary/aromatic N) is 1. The highest BCUT2D eigenvalue weighted by molar-refractivity contribution is 7.20. The van der Waals surface area contributed by atoms with Crippen molar-refractivity contribution in [2.45, 2.75) is 13.8 Å². The standard InChI is InChI=1S/C14H15N3O3S/c1-3-20-14(19)17-13-10(12(15)18)8(2)11(21-13)9-4-6-16-7-5-9/h4-7H,3H2,1-2H3,(H2,15,18)(H,17,19). The summed E-state index contributed by atoms with van der Waals surface area (Å²) in [4.78, 5) is 28.0. The van der Waals surface area contributed by atoms with E-state index in [4.69, 9.17) is 10.5 Å². The minimum atomic E-state index is -0.609. The Morgan fingerprint density at radius 2 is 2.05 bits per heavy atom. The molecule has 0 spiro atoms. The van der Waals surface area contributed by atoms with E-state index in [0.29, 0.717) is 10.6 Å². The monoisotopic (exact) mass is 305 g/mol. The smallest absolute Gasteiger partial charge is 0.412 e. The summed E-state index contributed by atoms with van der Waals surface area (Å²) in [5.74, 6) is -0.587. The first-order valence-corrected chi connectivity index (χ1v) is 7.13. The third-order valence-corrected chi connectivity index (χ3v) is 4.08. The van der Waals surface area contributed by atoms with Crippen LogP contribution >= 0.6 is 11.3 Å². The Morgan fingerprint density at radius 1 is 1.38 bits per heavy atom.